The molecule has 0 bridgehead atoms. The fourth-order valence-electron chi connectivity index (χ4n) is 1.57. The molecule has 1 rings (SSSR count). The average molecular weight is 226 g/mol. The van der Waals surface area contributed by atoms with Gasteiger partial charge in [0.05, 0.1) is 0 Å². The van der Waals surface area contributed by atoms with Gasteiger partial charge in [0.1, 0.15) is 0 Å². The van der Waals surface area contributed by atoms with Crippen molar-refractivity contribution < 1.29 is 4.79 Å². The van der Waals surface area contributed by atoms with E-state index in [9.17, 15) is 4.79 Å². The number of rotatable bonds is 5. The Balaban J connectivity index is 2.26. The maximum absolute atomic E-state index is 11.7. The Labute approximate surface area is 99.2 Å². The van der Waals surface area contributed by atoms with E-state index in [1.54, 1.807) is 0 Å². The number of nitrogens with one attached hydrogen (secondary N) is 1. The highest BCUT2D eigenvalue weighted by molar-refractivity contribution is 5.76. The van der Waals surface area contributed by atoms with Crippen molar-refractivity contribution in [1.82, 2.24) is 5.32 Å². The Morgan fingerprint density at radius 3 is 2.38 bits per heavy atom. The molecule has 0 saturated heterocycles. The molecule has 1 amide bonds. The maximum Gasteiger partial charge on any atom is 0.220 e. The molecule has 0 spiro atoms. The van der Waals surface area contributed by atoms with Crippen LogP contribution in [0.25, 0.3) is 0 Å². The third-order valence-corrected chi connectivity index (χ3v) is 4.02. The number of hydrogen-bond donors (Lipinski definition) is 2. The van der Waals surface area contributed by atoms with Gasteiger partial charge in [0.15, 0.2) is 0 Å². The molecule has 3 nitrogen and oxygen atoms in total. The van der Waals surface area contributed by atoms with Crippen LogP contribution in [0.1, 0.15) is 47.0 Å². The van der Waals surface area contributed by atoms with Crippen molar-refractivity contribution >= 4 is 5.91 Å². The van der Waals surface area contributed by atoms with Gasteiger partial charge in [0.25, 0.3) is 0 Å². The molecule has 16 heavy (non-hydrogen) atoms. The molecule has 1 aliphatic rings. The van der Waals surface area contributed by atoms with Crippen LogP contribution in [0.4, 0.5) is 0 Å². The summed E-state index contributed by atoms with van der Waals surface area (Å²) >= 11 is 0. The van der Waals surface area contributed by atoms with E-state index < -0.39 is 0 Å². The van der Waals surface area contributed by atoms with Gasteiger partial charge in [-0.3, -0.25) is 4.79 Å². The lowest BCUT2D eigenvalue weighted by Gasteiger charge is -2.27. The Morgan fingerprint density at radius 1 is 1.44 bits per heavy atom. The number of amides is 1. The third-order valence-electron chi connectivity index (χ3n) is 4.02. The molecule has 0 aromatic rings. The quantitative estimate of drug-likeness (QED) is 0.752. The summed E-state index contributed by atoms with van der Waals surface area (Å²) in [5.41, 5.74) is 6.11. The van der Waals surface area contributed by atoms with E-state index in [4.69, 9.17) is 5.73 Å². The molecule has 0 radical (unpaired) electrons. The molecule has 3 N–H and O–H groups in total. The molecule has 0 aromatic carbocycles. The summed E-state index contributed by atoms with van der Waals surface area (Å²) < 4.78 is 0. The maximum atomic E-state index is 11.7. The molecule has 94 valence electrons. The standard InChI is InChI=1S/C13H26N2O/c1-10(12(2,3)4)7-11(16)15-9-13(8-14)5-6-13/h10H,5-9,14H2,1-4H3,(H,15,16). The lowest BCUT2D eigenvalue weighted by Crippen LogP contribution is -2.35. The second-order valence-electron chi connectivity index (χ2n) is 6.45. The normalized spacial score (nSPS) is 20.3. The van der Waals surface area contributed by atoms with Crippen LogP contribution in [0.3, 0.4) is 0 Å². The largest absolute Gasteiger partial charge is 0.355 e. The van der Waals surface area contributed by atoms with Crippen LogP contribution in [-0.2, 0) is 4.79 Å². The van der Waals surface area contributed by atoms with Gasteiger partial charge in [-0.2, -0.15) is 0 Å². The van der Waals surface area contributed by atoms with Crippen molar-refractivity contribution in [2.24, 2.45) is 22.5 Å². The first kappa shape index (κ1) is 13.5. The third kappa shape index (κ3) is 3.78. The Hall–Kier alpha value is -0.570. The summed E-state index contributed by atoms with van der Waals surface area (Å²) in [5, 5.41) is 3.02. The van der Waals surface area contributed by atoms with Crippen molar-refractivity contribution in [2.75, 3.05) is 13.1 Å². The minimum atomic E-state index is 0.169. The minimum Gasteiger partial charge on any atom is -0.355 e. The second-order valence-corrected chi connectivity index (χ2v) is 6.45. The summed E-state index contributed by atoms with van der Waals surface area (Å²) in [4.78, 5) is 11.7. The topological polar surface area (TPSA) is 55.1 Å². The Morgan fingerprint density at radius 2 is 2.00 bits per heavy atom. The first-order valence-corrected chi connectivity index (χ1v) is 6.26. The van der Waals surface area contributed by atoms with Gasteiger partial charge in [-0.15, -0.1) is 0 Å². The van der Waals surface area contributed by atoms with Gasteiger partial charge >= 0.3 is 0 Å². The predicted molar refractivity (Wildman–Crippen MR) is 67.0 cm³/mol. The number of nitrogens with two attached hydrogens (primary N) is 1. The lowest BCUT2D eigenvalue weighted by molar-refractivity contribution is -0.122. The number of carbonyl (C=O) groups is 1. The summed E-state index contributed by atoms with van der Waals surface area (Å²) in [6.07, 6.45) is 2.95. The highest BCUT2D eigenvalue weighted by Gasteiger charge is 2.41. The minimum absolute atomic E-state index is 0.169. The molecule has 1 saturated carbocycles. The van der Waals surface area contributed by atoms with Crippen LogP contribution in [0.2, 0.25) is 0 Å². The zero-order valence-corrected chi connectivity index (χ0v) is 11.1. The SMILES string of the molecule is CC(CC(=O)NCC1(CN)CC1)C(C)(C)C. The molecule has 3 heteroatoms. The molecule has 0 aromatic heterocycles. The van der Waals surface area contributed by atoms with Crippen LogP contribution < -0.4 is 11.1 Å². The fourth-order valence-corrected chi connectivity index (χ4v) is 1.57. The zero-order chi connectivity index (χ0) is 12.4. The average Bonchev–Trinajstić information content (AvgIpc) is 2.94. The van der Waals surface area contributed by atoms with Crippen LogP contribution in [0.15, 0.2) is 0 Å². The van der Waals surface area contributed by atoms with Gasteiger partial charge in [-0.05, 0) is 36.1 Å². The van der Waals surface area contributed by atoms with E-state index >= 15 is 0 Å². The van der Waals surface area contributed by atoms with Crippen LogP contribution in [0.5, 0.6) is 0 Å². The van der Waals surface area contributed by atoms with E-state index in [1.807, 2.05) is 0 Å². The summed E-state index contributed by atoms with van der Waals surface area (Å²) in [6.45, 7) is 10.1. The van der Waals surface area contributed by atoms with Gasteiger partial charge in [0.2, 0.25) is 5.91 Å². The lowest BCUT2D eigenvalue weighted by atomic mass is 9.80. The molecule has 1 unspecified atom stereocenters. The van der Waals surface area contributed by atoms with E-state index in [0.29, 0.717) is 18.9 Å². The molecule has 1 aliphatic carbocycles. The first-order chi connectivity index (χ1) is 7.29. The van der Waals surface area contributed by atoms with E-state index in [1.165, 1.54) is 12.8 Å². The summed E-state index contributed by atoms with van der Waals surface area (Å²) in [6, 6.07) is 0. The number of carbonyl (C=O) groups excluding carboxylic acids is 1. The molecular formula is C13H26N2O. The first-order valence-electron chi connectivity index (χ1n) is 6.26. The fraction of sp³-hybridized carbons (Fsp3) is 0.923. The van der Waals surface area contributed by atoms with Crippen LogP contribution >= 0.6 is 0 Å². The van der Waals surface area contributed by atoms with Gasteiger partial charge in [-0.25, -0.2) is 0 Å². The Kier molecular flexibility index (Phi) is 4.00. The van der Waals surface area contributed by atoms with Crippen molar-refractivity contribution in [3.63, 3.8) is 0 Å². The molecule has 1 fully saturated rings. The van der Waals surface area contributed by atoms with Crippen molar-refractivity contribution in [2.45, 2.75) is 47.0 Å². The highest BCUT2D eigenvalue weighted by atomic mass is 16.1. The highest BCUT2D eigenvalue weighted by Crippen LogP contribution is 2.43. The van der Waals surface area contributed by atoms with Crippen molar-refractivity contribution in [3.05, 3.63) is 0 Å². The van der Waals surface area contributed by atoms with E-state index in [2.05, 4.69) is 33.0 Å². The summed E-state index contributed by atoms with van der Waals surface area (Å²) in [5.74, 6) is 0.572. The molecule has 0 aliphatic heterocycles. The van der Waals surface area contributed by atoms with E-state index in [-0.39, 0.29) is 16.7 Å². The van der Waals surface area contributed by atoms with Gasteiger partial charge in [-0.1, -0.05) is 27.7 Å². The van der Waals surface area contributed by atoms with Crippen LogP contribution in [0, 0.1) is 16.7 Å². The van der Waals surface area contributed by atoms with Crippen molar-refractivity contribution in [1.29, 1.82) is 0 Å². The van der Waals surface area contributed by atoms with Gasteiger partial charge < -0.3 is 11.1 Å². The second kappa shape index (κ2) is 4.74. The number of hydrogen-bond acceptors (Lipinski definition) is 2. The van der Waals surface area contributed by atoms with Crippen molar-refractivity contribution in [3.8, 4) is 0 Å². The predicted octanol–water partition coefficient (Wildman–Crippen LogP) is 1.91. The zero-order valence-electron chi connectivity index (χ0n) is 11.1. The van der Waals surface area contributed by atoms with E-state index in [0.717, 1.165) is 6.54 Å². The molecule has 1 atom stereocenters. The monoisotopic (exact) mass is 226 g/mol. The summed E-state index contributed by atoms with van der Waals surface area (Å²) in [7, 11) is 0. The van der Waals surface area contributed by atoms with Crippen LogP contribution in [-0.4, -0.2) is 19.0 Å². The smallest absolute Gasteiger partial charge is 0.220 e. The van der Waals surface area contributed by atoms with Gasteiger partial charge in [0, 0.05) is 13.0 Å². The molecule has 0 heterocycles. The Bertz CT molecular complexity index is 251. The molecular weight excluding hydrogens is 200 g/mol.